The molecule has 0 aromatic carbocycles. The fourth-order valence-electron chi connectivity index (χ4n) is 3.37. The number of aromatic nitrogens is 1. The quantitative estimate of drug-likeness (QED) is 0.819. The number of amides is 1. The van der Waals surface area contributed by atoms with Crippen LogP contribution in [0.3, 0.4) is 0 Å². The van der Waals surface area contributed by atoms with E-state index in [9.17, 15) is 9.59 Å². The molecule has 1 fully saturated rings. The highest BCUT2D eigenvalue weighted by Crippen LogP contribution is 2.24. The molecule has 1 aliphatic rings. The second-order valence-electron chi connectivity index (χ2n) is 6.26. The molecule has 0 radical (unpaired) electrons. The van der Waals surface area contributed by atoms with Crippen molar-refractivity contribution in [2.45, 2.75) is 46.5 Å². The molecule has 1 aromatic rings. The lowest BCUT2D eigenvalue weighted by Gasteiger charge is -2.31. The molecule has 122 valence electrons. The minimum absolute atomic E-state index is 0.0227. The number of ketones is 1. The van der Waals surface area contributed by atoms with Gasteiger partial charge in [-0.1, -0.05) is 13.3 Å². The molecule has 5 heteroatoms. The van der Waals surface area contributed by atoms with Gasteiger partial charge >= 0.3 is 0 Å². The maximum absolute atomic E-state index is 12.8. The molecule has 2 heterocycles. The first-order valence-electron chi connectivity index (χ1n) is 8.21. The van der Waals surface area contributed by atoms with Gasteiger partial charge in [0.25, 0.3) is 5.91 Å². The largest absolute Gasteiger partial charge is 0.354 e. The molecule has 1 aromatic heterocycles. The molecule has 3 N–H and O–H groups in total. The number of hydrogen-bond acceptors (Lipinski definition) is 3. The van der Waals surface area contributed by atoms with E-state index in [0.717, 1.165) is 50.0 Å². The maximum atomic E-state index is 12.8. The fraction of sp³-hybridized carbons (Fsp3) is 0.647. The van der Waals surface area contributed by atoms with Crippen molar-refractivity contribution < 1.29 is 9.59 Å². The second-order valence-corrected chi connectivity index (χ2v) is 6.26. The van der Waals surface area contributed by atoms with Crippen LogP contribution in [0, 0.1) is 12.8 Å². The third-order valence-corrected chi connectivity index (χ3v) is 4.59. The van der Waals surface area contributed by atoms with Gasteiger partial charge in [0.1, 0.15) is 5.69 Å². The summed E-state index contributed by atoms with van der Waals surface area (Å²) in [6.45, 7) is 7.69. The van der Waals surface area contributed by atoms with Crippen molar-refractivity contribution in [2.24, 2.45) is 11.7 Å². The first-order valence-corrected chi connectivity index (χ1v) is 8.21. The summed E-state index contributed by atoms with van der Waals surface area (Å²) in [4.78, 5) is 29.8. The fourth-order valence-corrected chi connectivity index (χ4v) is 3.37. The summed E-state index contributed by atoms with van der Waals surface area (Å²) in [7, 11) is 0. The smallest absolute Gasteiger partial charge is 0.270 e. The third-order valence-electron chi connectivity index (χ3n) is 4.59. The van der Waals surface area contributed by atoms with Gasteiger partial charge in [-0.3, -0.25) is 9.59 Å². The predicted molar refractivity (Wildman–Crippen MR) is 87.2 cm³/mol. The van der Waals surface area contributed by atoms with Gasteiger partial charge in [0, 0.05) is 24.3 Å². The van der Waals surface area contributed by atoms with E-state index < -0.39 is 0 Å². The van der Waals surface area contributed by atoms with Crippen LogP contribution in [0.4, 0.5) is 0 Å². The van der Waals surface area contributed by atoms with E-state index in [2.05, 4.69) is 11.9 Å². The summed E-state index contributed by atoms with van der Waals surface area (Å²) in [5.74, 6) is 0.574. The average molecular weight is 305 g/mol. The third kappa shape index (κ3) is 3.24. The Morgan fingerprint density at radius 1 is 1.32 bits per heavy atom. The molecular formula is C17H27N3O2. The normalized spacial score (nSPS) is 16.1. The Hall–Kier alpha value is -1.62. The number of carbonyl (C=O) groups is 2. The highest BCUT2D eigenvalue weighted by molar-refractivity contribution is 6.02. The highest BCUT2D eigenvalue weighted by Gasteiger charge is 2.28. The zero-order valence-electron chi connectivity index (χ0n) is 13.9. The molecule has 1 aliphatic heterocycles. The van der Waals surface area contributed by atoms with Gasteiger partial charge in [0.15, 0.2) is 5.78 Å². The summed E-state index contributed by atoms with van der Waals surface area (Å²) in [6.07, 6.45) is 3.59. The Bertz CT molecular complexity index is 554. The van der Waals surface area contributed by atoms with E-state index in [1.165, 1.54) is 0 Å². The van der Waals surface area contributed by atoms with Gasteiger partial charge in [-0.15, -0.1) is 0 Å². The van der Waals surface area contributed by atoms with Gasteiger partial charge in [-0.2, -0.15) is 0 Å². The zero-order chi connectivity index (χ0) is 16.3. The molecule has 0 atom stereocenters. The average Bonchev–Trinajstić information content (AvgIpc) is 2.83. The van der Waals surface area contributed by atoms with Gasteiger partial charge in [0.05, 0.1) is 0 Å². The van der Waals surface area contributed by atoms with Crippen LogP contribution in [-0.2, 0) is 6.42 Å². The monoisotopic (exact) mass is 305 g/mol. The Labute approximate surface area is 132 Å². The van der Waals surface area contributed by atoms with Crippen molar-refractivity contribution in [3.8, 4) is 0 Å². The number of nitrogens with zero attached hydrogens (tertiary/aromatic N) is 1. The second kappa shape index (κ2) is 7.09. The number of rotatable bonds is 5. The van der Waals surface area contributed by atoms with Crippen LogP contribution in [0.2, 0.25) is 0 Å². The molecule has 2 rings (SSSR count). The first-order chi connectivity index (χ1) is 10.5. The number of piperidine rings is 1. The van der Waals surface area contributed by atoms with Crippen molar-refractivity contribution in [3.63, 3.8) is 0 Å². The highest BCUT2D eigenvalue weighted by atomic mass is 16.2. The number of aromatic amines is 1. The summed E-state index contributed by atoms with van der Waals surface area (Å²) in [5, 5.41) is 0. The molecule has 0 spiro atoms. The van der Waals surface area contributed by atoms with Crippen molar-refractivity contribution in [1.29, 1.82) is 0 Å². The minimum atomic E-state index is 0.0227. The number of likely N-dealkylation sites (tertiary alicyclic amines) is 1. The number of Topliss-reactive ketones (excluding diaryl/α,β-unsaturated/α-hetero) is 1. The lowest BCUT2D eigenvalue weighted by Crippen LogP contribution is -2.40. The van der Waals surface area contributed by atoms with Crippen LogP contribution >= 0.6 is 0 Å². The first kappa shape index (κ1) is 16.7. The number of nitrogens with one attached hydrogen (secondary N) is 1. The Morgan fingerprint density at radius 2 is 1.95 bits per heavy atom. The van der Waals surface area contributed by atoms with E-state index in [0.29, 0.717) is 23.7 Å². The molecule has 0 bridgehead atoms. The number of H-pyrrole nitrogens is 1. The van der Waals surface area contributed by atoms with E-state index in [1.54, 1.807) is 6.92 Å². The van der Waals surface area contributed by atoms with Gasteiger partial charge in [-0.25, -0.2) is 0 Å². The van der Waals surface area contributed by atoms with Crippen LogP contribution in [0.15, 0.2) is 0 Å². The van der Waals surface area contributed by atoms with Crippen LogP contribution in [0.5, 0.6) is 0 Å². The molecule has 5 nitrogen and oxygen atoms in total. The minimum Gasteiger partial charge on any atom is -0.354 e. The van der Waals surface area contributed by atoms with Gasteiger partial charge < -0.3 is 15.6 Å². The van der Waals surface area contributed by atoms with E-state index in [1.807, 2.05) is 11.8 Å². The summed E-state index contributed by atoms with van der Waals surface area (Å²) < 4.78 is 0. The van der Waals surface area contributed by atoms with Gasteiger partial charge in [0.2, 0.25) is 0 Å². The van der Waals surface area contributed by atoms with Crippen molar-refractivity contribution in [3.05, 3.63) is 22.5 Å². The molecule has 1 saturated heterocycles. The summed E-state index contributed by atoms with van der Waals surface area (Å²) in [5.41, 5.74) is 8.70. The standard InChI is InChI=1S/C17H27N3O2/c1-4-5-14-15(12(3)21)11(2)19-16(14)17(22)20-8-6-13(10-18)7-9-20/h13,19H,4-10,18H2,1-3H3. The molecule has 0 saturated carbocycles. The number of aryl methyl sites for hydroxylation is 1. The Kier molecular flexibility index (Phi) is 5.40. The molecule has 0 unspecified atom stereocenters. The zero-order valence-corrected chi connectivity index (χ0v) is 13.9. The molecule has 0 aliphatic carbocycles. The number of hydrogen-bond donors (Lipinski definition) is 2. The molecular weight excluding hydrogens is 278 g/mol. The SMILES string of the molecule is CCCc1c(C(=O)N2CCC(CN)CC2)[nH]c(C)c1C(C)=O. The van der Waals surface area contributed by atoms with E-state index in [4.69, 9.17) is 5.73 Å². The van der Waals surface area contributed by atoms with Crippen molar-refractivity contribution in [2.75, 3.05) is 19.6 Å². The van der Waals surface area contributed by atoms with Crippen molar-refractivity contribution in [1.82, 2.24) is 9.88 Å². The lowest BCUT2D eigenvalue weighted by molar-refractivity contribution is 0.0687. The van der Waals surface area contributed by atoms with Crippen LogP contribution in [0.1, 0.15) is 65.2 Å². The van der Waals surface area contributed by atoms with Crippen LogP contribution in [-0.4, -0.2) is 41.2 Å². The molecule has 22 heavy (non-hydrogen) atoms. The maximum Gasteiger partial charge on any atom is 0.270 e. The van der Waals surface area contributed by atoms with Crippen LogP contribution in [0.25, 0.3) is 0 Å². The van der Waals surface area contributed by atoms with E-state index >= 15 is 0 Å². The predicted octanol–water partition coefficient (Wildman–Crippen LogP) is 2.29. The summed E-state index contributed by atoms with van der Waals surface area (Å²) in [6, 6.07) is 0. The summed E-state index contributed by atoms with van der Waals surface area (Å²) >= 11 is 0. The van der Waals surface area contributed by atoms with Crippen molar-refractivity contribution >= 4 is 11.7 Å². The lowest BCUT2D eigenvalue weighted by atomic mass is 9.96. The number of carbonyl (C=O) groups excluding carboxylic acids is 2. The Balaban J connectivity index is 2.26. The van der Waals surface area contributed by atoms with Crippen LogP contribution < -0.4 is 5.73 Å². The van der Waals surface area contributed by atoms with E-state index in [-0.39, 0.29) is 11.7 Å². The van der Waals surface area contributed by atoms with Gasteiger partial charge in [-0.05, 0) is 51.1 Å². The molecule has 1 amide bonds. The topological polar surface area (TPSA) is 79.2 Å². The Morgan fingerprint density at radius 3 is 2.45 bits per heavy atom. The number of nitrogens with two attached hydrogens (primary N) is 1.